The first-order valence-corrected chi connectivity index (χ1v) is 12.6. The van der Waals surface area contributed by atoms with Gasteiger partial charge in [-0.3, -0.25) is 14.4 Å². The van der Waals surface area contributed by atoms with E-state index in [1.807, 2.05) is 32.1 Å². The van der Waals surface area contributed by atoms with E-state index >= 15 is 0 Å². The molecule has 3 heterocycles. The summed E-state index contributed by atoms with van der Waals surface area (Å²) in [5.74, 6) is 0.306. The molecule has 2 saturated heterocycles. The lowest BCUT2D eigenvalue weighted by Crippen LogP contribution is -2.55. The van der Waals surface area contributed by atoms with Crippen LogP contribution in [0.15, 0.2) is 36.9 Å². The lowest BCUT2D eigenvalue weighted by Gasteiger charge is -2.30. The molecule has 9 nitrogen and oxygen atoms in total. The summed E-state index contributed by atoms with van der Waals surface area (Å²) in [5, 5.41) is 13.1. The Kier molecular flexibility index (Phi) is 8.73. The number of nitrogens with zero attached hydrogens (tertiary/aromatic N) is 3. The van der Waals surface area contributed by atoms with Crippen molar-refractivity contribution in [2.45, 2.75) is 63.5 Å². The highest BCUT2D eigenvalue weighted by Gasteiger charge is 2.45. The summed E-state index contributed by atoms with van der Waals surface area (Å²) in [7, 11) is 1.70. The number of amides is 3. The Bertz CT molecular complexity index is 1000. The molecule has 184 valence electrons. The number of allylic oxidation sites excluding steroid dienone is 5. The number of carbonyl (C=O) groups excluding carboxylic acids is 3. The number of anilines is 1. The van der Waals surface area contributed by atoms with Crippen LogP contribution in [0.2, 0.25) is 0 Å². The first kappa shape index (κ1) is 25.8. The third-order valence-corrected chi connectivity index (χ3v) is 7.34. The number of rotatable bonds is 8. The van der Waals surface area contributed by atoms with Gasteiger partial charge in [0.05, 0.1) is 22.8 Å². The highest BCUT2D eigenvalue weighted by Crippen LogP contribution is 2.36. The second kappa shape index (κ2) is 11.5. The molecule has 3 amide bonds. The molecular weight excluding hydrogens is 452 g/mol. The molecule has 1 aromatic heterocycles. The molecule has 0 radical (unpaired) electrons. The van der Waals surface area contributed by atoms with Crippen molar-refractivity contribution in [1.29, 1.82) is 0 Å². The number of aromatic nitrogens is 2. The van der Waals surface area contributed by atoms with Gasteiger partial charge in [0, 0.05) is 11.8 Å². The Hall–Kier alpha value is -2.85. The predicted octanol–water partition coefficient (Wildman–Crippen LogP) is 2.28. The van der Waals surface area contributed by atoms with E-state index in [2.05, 4.69) is 27.6 Å². The molecule has 3 unspecified atom stereocenters. The van der Waals surface area contributed by atoms with Gasteiger partial charge >= 0.3 is 0 Å². The number of fused-ring (bicyclic) bond motifs is 1. The van der Waals surface area contributed by atoms with Gasteiger partial charge in [-0.1, -0.05) is 24.8 Å². The van der Waals surface area contributed by atoms with Crippen LogP contribution in [0.4, 0.5) is 5.82 Å². The molecule has 0 spiro atoms. The van der Waals surface area contributed by atoms with Crippen molar-refractivity contribution in [2.24, 2.45) is 0 Å². The van der Waals surface area contributed by atoms with Crippen LogP contribution in [0.5, 0.6) is 0 Å². The standard InChI is InChI=1S/C24H34N6O3S/c1-6-7-8-10-16(3)30-20(13-15(2)28-30)27-23(32)19-14-34-21-12-9-11-18(24(33)29(19)21)26-22(31)17(4)25-5/h6-8,10,13,17-19,21,25H,3,9,11-12,14H2,1-2,4-5H3,(H,26,31)(H,27,32)/b7-6-,10-8-/t17-,18?,19?,21?/m0/s1. The summed E-state index contributed by atoms with van der Waals surface area (Å²) >= 11 is 1.61. The fourth-order valence-corrected chi connectivity index (χ4v) is 5.47. The number of nitrogens with one attached hydrogen (secondary N) is 3. The number of carbonyl (C=O) groups is 3. The maximum absolute atomic E-state index is 13.4. The highest BCUT2D eigenvalue weighted by molar-refractivity contribution is 8.00. The Labute approximate surface area is 205 Å². The molecule has 0 bridgehead atoms. The zero-order valence-corrected chi connectivity index (χ0v) is 21.0. The van der Waals surface area contributed by atoms with Crippen LogP contribution in [0.3, 0.4) is 0 Å². The summed E-state index contributed by atoms with van der Waals surface area (Å²) in [4.78, 5) is 40.8. The van der Waals surface area contributed by atoms with Gasteiger partial charge in [-0.2, -0.15) is 5.10 Å². The molecule has 3 N–H and O–H groups in total. The van der Waals surface area contributed by atoms with Crippen molar-refractivity contribution >= 4 is 41.0 Å². The van der Waals surface area contributed by atoms with Crippen molar-refractivity contribution in [3.8, 4) is 0 Å². The third-order valence-electron chi connectivity index (χ3n) is 5.98. The van der Waals surface area contributed by atoms with Gasteiger partial charge in [-0.15, -0.1) is 11.8 Å². The normalized spacial score (nSPS) is 23.7. The summed E-state index contributed by atoms with van der Waals surface area (Å²) in [6.45, 7) is 9.55. The van der Waals surface area contributed by atoms with Crippen LogP contribution in [0, 0.1) is 6.92 Å². The van der Waals surface area contributed by atoms with Crippen LogP contribution in [-0.4, -0.2) is 68.7 Å². The van der Waals surface area contributed by atoms with Crippen LogP contribution < -0.4 is 16.0 Å². The van der Waals surface area contributed by atoms with E-state index in [-0.39, 0.29) is 23.1 Å². The van der Waals surface area contributed by atoms with Crippen LogP contribution in [0.25, 0.3) is 5.70 Å². The minimum absolute atomic E-state index is 0.0720. The second-order valence-electron chi connectivity index (χ2n) is 8.50. The SMILES string of the molecule is C=C(/C=C\C=C/C)n1nc(C)cc1NC(=O)C1CSC2CCCC(NC(=O)[C@H](C)NC)C(=O)N21. The average Bonchev–Trinajstić information content (AvgIpc) is 3.36. The molecule has 10 heteroatoms. The molecule has 2 aliphatic heterocycles. The molecule has 0 aliphatic carbocycles. The van der Waals surface area contributed by atoms with Gasteiger partial charge in [0.25, 0.3) is 0 Å². The van der Waals surface area contributed by atoms with Crippen LogP contribution >= 0.6 is 11.8 Å². The highest BCUT2D eigenvalue weighted by atomic mass is 32.2. The maximum atomic E-state index is 13.4. The quantitative estimate of drug-likeness (QED) is 0.487. The minimum Gasteiger partial charge on any atom is -0.343 e. The largest absolute Gasteiger partial charge is 0.343 e. The van der Waals surface area contributed by atoms with Crippen molar-refractivity contribution in [3.05, 3.63) is 42.6 Å². The van der Waals surface area contributed by atoms with Gasteiger partial charge in [0.2, 0.25) is 17.7 Å². The van der Waals surface area contributed by atoms with E-state index < -0.39 is 18.1 Å². The van der Waals surface area contributed by atoms with Gasteiger partial charge < -0.3 is 20.9 Å². The fourth-order valence-electron chi connectivity index (χ4n) is 4.01. The lowest BCUT2D eigenvalue weighted by molar-refractivity contribution is -0.141. The zero-order chi connectivity index (χ0) is 24.8. The monoisotopic (exact) mass is 486 g/mol. The maximum Gasteiger partial charge on any atom is 0.249 e. The van der Waals surface area contributed by atoms with E-state index in [1.165, 1.54) is 0 Å². The molecule has 2 fully saturated rings. The molecule has 0 saturated carbocycles. The zero-order valence-electron chi connectivity index (χ0n) is 20.2. The van der Waals surface area contributed by atoms with Gasteiger partial charge in [-0.25, -0.2) is 4.68 Å². The Morgan fingerprint density at radius 1 is 1.32 bits per heavy atom. The van der Waals surface area contributed by atoms with Crippen molar-refractivity contribution in [3.63, 3.8) is 0 Å². The van der Waals surface area contributed by atoms with Crippen molar-refractivity contribution in [2.75, 3.05) is 18.1 Å². The van der Waals surface area contributed by atoms with Crippen LogP contribution in [0.1, 0.15) is 38.8 Å². The Balaban J connectivity index is 1.76. The first-order valence-electron chi connectivity index (χ1n) is 11.5. The number of likely N-dealkylation sites (N-methyl/N-ethyl adjacent to an activating group) is 1. The van der Waals surface area contributed by atoms with Crippen LogP contribution in [-0.2, 0) is 14.4 Å². The Morgan fingerprint density at radius 2 is 2.09 bits per heavy atom. The van der Waals surface area contributed by atoms with Crippen molar-refractivity contribution < 1.29 is 14.4 Å². The number of aryl methyl sites for hydroxylation is 1. The van der Waals surface area contributed by atoms with Gasteiger partial charge in [-0.05, 0) is 53.2 Å². The predicted molar refractivity (Wildman–Crippen MR) is 136 cm³/mol. The van der Waals surface area contributed by atoms with E-state index in [1.54, 1.807) is 47.5 Å². The third kappa shape index (κ3) is 5.79. The van der Waals surface area contributed by atoms with E-state index in [0.717, 1.165) is 18.5 Å². The summed E-state index contributed by atoms with van der Waals surface area (Å²) in [5.41, 5.74) is 1.34. The van der Waals surface area contributed by atoms with E-state index in [4.69, 9.17) is 0 Å². The minimum atomic E-state index is -0.633. The first-order chi connectivity index (χ1) is 16.3. The van der Waals surface area contributed by atoms with E-state index in [0.29, 0.717) is 23.7 Å². The average molecular weight is 487 g/mol. The summed E-state index contributed by atoms with van der Waals surface area (Å²) in [6, 6.07) is 0.111. The molecule has 3 rings (SSSR count). The molecule has 4 atom stereocenters. The summed E-state index contributed by atoms with van der Waals surface area (Å²) in [6.07, 6.45) is 9.60. The number of hydrogen-bond acceptors (Lipinski definition) is 6. The Morgan fingerprint density at radius 3 is 2.79 bits per heavy atom. The van der Waals surface area contributed by atoms with Crippen molar-refractivity contribution in [1.82, 2.24) is 25.3 Å². The molecular formula is C24H34N6O3S. The number of hydrogen-bond donors (Lipinski definition) is 3. The lowest BCUT2D eigenvalue weighted by atomic mass is 10.1. The molecule has 34 heavy (non-hydrogen) atoms. The van der Waals surface area contributed by atoms with Gasteiger partial charge in [0.1, 0.15) is 17.9 Å². The molecule has 0 aromatic carbocycles. The summed E-state index contributed by atoms with van der Waals surface area (Å²) < 4.78 is 1.58. The van der Waals surface area contributed by atoms with E-state index in [9.17, 15) is 14.4 Å². The molecule has 1 aromatic rings. The topological polar surface area (TPSA) is 108 Å². The smallest absolute Gasteiger partial charge is 0.249 e. The second-order valence-corrected chi connectivity index (χ2v) is 9.71. The number of thioether (sulfide) groups is 1. The molecule has 2 aliphatic rings. The van der Waals surface area contributed by atoms with Gasteiger partial charge in [0.15, 0.2) is 0 Å². The fraction of sp³-hybridized carbons (Fsp3) is 0.500.